The van der Waals surface area contributed by atoms with Crippen molar-refractivity contribution in [3.8, 4) is 0 Å². The number of carbonyl (C=O) groups is 2. The first-order valence-electron chi connectivity index (χ1n) is 6.68. The van der Waals surface area contributed by atoms with Gasteiger partial charge in [0.15, 0.2) is 0 Å². The fourth-order valence-electron chi connectivity index (χ4n) is 2.08. The van der Waals surface area contributed by atoms with Gasteiger partial charge in [0.25, 0.3) is 0 Å². The maximum atomic E-state index is 12.1. The summed E-state index contributed by atoms with van der Waals surface area (Å²) < 4.78 is 0.914. The second-order valence-electron chi connectivity index (χ2n) is 5.17. The maximum Gasteiger partial charge on any atom is 0.312 e. The second-order valence-corrected chi connectivity index (χ2v) is 6.03. The third kappa shape index (κ3) is 4.34. The van der Waals surface area contributed by atoms with Gasteiger partial charge in [-0.2, -0.15) is 0 Å². The van der Waals surface area contributed by atoms with E-state index < -0.39 is 11.8 Å². The number of carbonyl (C=O) groups excluding carboxylic acids is 2. The molecule has 0 aliphatic heterocycles. The summed E-state index contributed by atoms with van der Waals surface area (Å²) in [6.07, 6.45) is 0. The van der Waals surface area contributed by atoms with Crippen molar-refractivity contribution in [1.29, 1.82) is 0 Å². The van der Waals surface area contributed by atoms with Crippen LogP contribution in [-0.2, 0) is 16.1 Å². The normalized spacial score (nSPS) is 10.8. The number of hydrogen-bond acceptors (Lipinski definition) is 2. The van der Waals surface area contributed by atoms with Gasteiger partial charge >= 0.3 is 11.8 Å². The maximum absolute atomic E-state index is 12.1. The third-order valence-electron chi connectivity index (χ3n) is 2.94. The monoisotopic (exact) mass is 340 g/mol. The standard InChI is InChI=1S/C15H21BrN2O2/c1-10(2)18(11(3)4)15(20)14(19)17-9-12-7-5-6-8-13(12)16/h5-8,10-11H,9H2,1-4H3,(H,17,19). The zero-order chi connectivity index (χ0) is 15.3. The first kappa shape index (κ1) is 16.7. The second kappa shape index (κ2) is 7.43. The molecule has 1 N–H and O–H groups in total. The lowest BCUT2D eigenvalue weighted by molar-refractivity contribution is -0.148. The van der Waals surface area contributed by atoms with Crippen LogP contribution in [0.25, 0.3) is 0 Å². The fraction of sp³-hybridized carbons (Fsp3) is 0.467. The van der Waals surface area contributed by atoms with Crippen LogP contribution in [0.15, 0.2) is 28.7 Å². The summed E-state index contributed by atoms with van der Waals surface area (Å²) in [4.78, 5) is 25.7. The number of hydrogen-bond donors (Lipinski definition) is 1. The Balaban J connectivity index is 2.67. The van der Waals surface area contributed by atoms with Crippen molar-refractivity contribution >= 4 is 27.7 Å². The van der Waals surface area contributed by atoms with Gasteiger partial charge in [0, 0.05) is 23.1 Å². The van der Waals surface area contributed by atoms with Crippen LogP contribution < -0.4 is 5.32 Å². The molecule has 0 spiro atoms. The number of amides is 2. The molecule has 110 valence electrons. The molecule has 0 saturated carbocycles. The van der Waals surface area contributed by atoms with Gasteiger partial charge in [-0.15, -0.1) is 0 Å². The number of nitrogens with one attached hydrogen (secondary N) is 1. The Morgan fingerprint density at radius 3 is 2.20 bits per heavy atom. The van der Waals surface area contributed by atoms with E-state index in [2.05, 4.69) is 21.2 Å². The topological polar surface area (TPSA) is 49.4 Å². The van der Waals surface area contributed by atoms with E-state index in [0.29, 0.717) is 6.54 Å². The SMILES string of the molecule is CC(C)N(C(=O)C(=O)NCc1ccccc1Br)C(C)C. The summed E-state index contributed by atoms with van der Waals surface area (Å²) >= 11 is 3.41. The van der Waals surface area contributed by atoms with E-state index in [1.807, 2.05) is 52.0 Å². The molecule has 4 nitrogen and oxygen atoms in total. The van der Waals surface area contributed by atoms with Crippen LogP contribution in [0.2, 0.25) is 0 Å². The molecule has 0 bridgehead atoms. The van der Waals surface area contributed by atoms with Crippen LogP contribution >= 0.6 is 15.9 Å². The lowest BCUT2D eigenvalue weighted by atomic mass is 10.2. The highest BCUT2D eigenvalue weighted by atomic mass is 79.9. The minimum Gasteiger partial charge on any atom is -0.344 e. The summed E-state index contributed by atoms with van der Waals surface area (Å²) in [5.74, 6) is -1.05. The molecule has 1 aromatic carbocycles. The highest BCUT2D eigenvalue weighted by Gasteiger charge is 2.26. The lowest BCUT2D eigenvalue weighted by Crippen LogP contribution is -2.49. The number of nitrogens with zero attached hydrogens (tertiary/aromatic N) is 1. The molecule has 0 aromatic heterocycles. The number of rotatable bonds is 4. The smallest absolute Gasteiger partial charge is 0.312 e. The molecule has 0 atom stereocenters. The quantitative estimate of drug-likeness (QED) is 0.856. The Hall–Kier alpha value is -1.36. The van der Waals surface area contributed by atoms with Gasteiger partial charge in [-0.3, -0.25) is 9.59 Å². The van der Waals surface area contributed by atoms with Gasteiger partial charge in [-0.25, -0.2) is 0 Å². The van der Waals surface area contributed by atoms with Crippen LogP contribution in [0.1, 0.15) is 33.3 Å². The van der Waals surface area contributed by atoms with Gasteiger partial charge in [0.05, 0.1) is 0 Å². The summed E-state index contributed by atoms with van der Waals surface area (Å²) in [5.41, 5.74) is 0.939. The Bertz CT molecular complexity index is 479. The average molecular weight is 341 g/mol. The van der Waals surface area contributed by atoms with E-state index in [1.54, 1.807) is 4.90 Å². The molecular weight excluding hydrogens is 320 g/mol. The van der Waals surface area contributed by atoms with Crippen LogP contribution in [0.3, 0.4) is 0 Å². The van der Waals surface area contributed by atoms with Crippen LogP contribution in [0.5, 0.6) is 0 Å². The van der Waals surface area contributed by atoms with Crippen molar-refractivity contribution in [2.24, 2.45) is 0 Å². The van der Waals surface area contributed by atoms with Crippen molar-refractivity contribution in [3.63, 3.8) is 0 Å². The Morgan fingerprint density at radius 2 is 1.70 bits per heavy atom. The van der Waals surface area contributed by atoms with Crippen LogP contribution in [-0.4, -0.2) is 28.8 Å². The molecule has 0 aliphatic carbocycles. The van der Waals surface area contributed by atoms with Crippen molar-refractivity contribution < 1.29 is 9.59 Å². The van der Waals surface area contributed by atoms with E-state index in [9.17, 15) is 9.59 Å². The predicted octanol–water partition coefficient (Wildman–Crippen LogP) is 2.71. The molecule has 2 amide bonds. The molecular formula is C15H21BrN2O2. The summed E-state index contributed by atoms with van der Waals surface area (Å²) in [7, 11) is 0. The van der Waals surface area contributed by atoms with Crippen molar-refractivity contribution in [1.82, 2.24) is 10.2 Å². The largest absolute Gasteiger partial charge is 0.344 e. The molecule has 5 heteroatoms. The summed E-state index contributed by atoms with van der Waals surface area (Å²) in [6, 6.07) is 7.59. The number of benzene rings is 1. The van der Waals surface area contributed by atoms with E-state index in [0.717, 1.165) is 10.0 Å². The van der Waals surface area contributed by atoms with Crippen LogP contribution in [0.4, 0.5) is 0 Å². The van der Waals surface area contributed by atoms with E-state index in [4.69, 9.17) is 0 Å². The Labute approximate surface area is 128 Å². The molecule has 0 aliphatic rings. The predicted molar refractivity (Wildman–Crippen MR) is 83.1 cm³/mol. The Morgan fingerprint density at radius 1 is 1.15 bits per heavy atom. The zero-order valence-electron chi connectivity index (χ0n) is 12.3. The third-order valence-corrected chi connectivity index (χ3v) is 3.71. The average Bonchev–Trinajstić information content (AvgIpc) is 2.36. The van der Waals surface area contributed by atoms with E-state index in [-0.39, 0.29) is 12.1 Å². The summed E-state index contributed by atoms with van der Waals surface area (Å²) in [5, 5.41) is 2.67. The molecule has 1 aromatic rings. The Kier molecular flexibility index (Phi) is 6.20. The zero-order valence-corrected chi connectivity index (χ0v) is 13.9. The summed E-state index contributed by atoms with van der Waals surface area (Å²) in [6.45, 7) is 7.94. The van der Waals surface area contributed by atoms with Crippen molar-refractivity contribution in [3.05, 3.63) is 34.3 Å². The molecule has 20 heavy (non-hydrogen) atoms. The fourth-order valence-corrected chi connectivity index (χ4v) is 2.50. The molecule has 0 saturated heterocycles. The minimum atomic E-state index is -0.567. The van der Waals surface area contributed by atoms with E-state index in [1.165, 1.54) is 0 Å². The molecule has 0 unspecified atom stereocenters. The van der Waals surface area contributed by atoms with Crippen LogP contribution in [0, 0.1) is 0 Å². The first-order valence-corrected chi connectivity index (χ1v) is 7.47. The van der Waals surface area contributed by atoms with Gasteiger partial charge in [-0.1, -0.05) is 34.1 Å². The highest BCUT2D eigenvalue weighted by molar-refractivity contribution is 9.10. The molecule has 0 radical (unpaired) electrons. The van der Waals surface area contributed by atoms with Gasteiger partial charge in [-0.05, 0) is 39.3 Å². The molecule has 0 heterocycles. The minimum absolute atomic E-state index is 0.00305. The molecule has 0 fully saturated rings. The number of halogens is 1. The highest BCUT2D eigenvalue weighted by Crippen LogP contribution is 2.15. The van der Waals surface area contributed by atoms with Gasteiger partial charge < -0.3 is 10.2 Å². The van der Waals surface area contributed by atoms with Gasteiger partial charge in [0.1, 0.15) is 0 Å². The molecule has 1 rings (SSSR count). The van der Waals surface area contributed by atoms with Crippen molar-refractivity contribution in [2.75, 3.05) is 0 Å². The van der Waals surface area contributed by atoms with Gasteiger partial charge in [0.2, 0.25) is 0 Å². The lowest BCUT2D eigenvalue weighted by Gasteiger charge is -2.30. The van der Waals surface area contributed by atoms with Crippen molar-refractivity contribution in [2.45, 2.75) is 46.3 Å². The first-order chi connectivity index (χ1) is 9.34. The van der Waals surface area contributed by atoms with E-state index >= 15 is 0 Å².